The quantitative estimate of drug-likeness (QED) is 0.657. The fourth-order valence-electron chi connectivity index (χ4n) is 2.15. The molecule has 2 aromatic carbocycles. The Morgan fingerprint density at radius 2 is 2.05 bits per heavy atom. The lowest BCUT2D eigenvalue weighted by Gasteiger charge is -2.29. The molecule has 0 saturated heterocycles. The second kappa shape index (κ2) is 5.73. The van der Waals surface area contributed by atoms with E-state index in [9.17, 15) is 4.79 Å². The van der Waals surface area contributed by atoms with Gasteiger partial charge in [-0.1, -0.05) is 34.1 Å². The number of carbonyl (C=O) groups is 1. The Morgan fingerprint density at radius 3 is 2.85 bits per heavy atom. The minimum Gasteiger partial charge on any atom is -0.482 e. The van der Waals surface area contributed by atoms with Crippen molar-refractivity contribution in [1.29, 1.82) is 0 Å². The number of hydrogen-bond donors (Lipinski definition) is 0. The maximum Gasteiger partial charge on any atom is 0.265 e. The summed E-state index contributed by atoms with van der Waals surface area (Å²) in [6.45, 7) is 0.634. The second-order valence-corrected chi connectivity index (χ2v) is 6.57. The van der Waals surface area contributed by atoms with Gasteiger partial charge in [-0.15, -0.1) is 0 Å². The van der Waals surface area contributed by atoms with E-state index in [-0.39, 0.29) is 12.5 Å². The summed E-state index contributed by atoms with van der Waals surface area (Å²) in [5.41, 5.74) is 1.91. The van der Waals surface area contributed by atoms with Crippen LogP contribution in [0.1, 0.15) is 5.56 Å². The fourth-order valence-corrected chi connectivity index (χ4v) is 3.03. The molecule has 0 bridgehead atoms. The third kappa shape index (κ3) is 2.69. The Kier molecular flexibility index (Phi) is 3.98. The van der Waals surface area contributed by atoms with Gasteiger partial charge < -0.3 is 9.64 Å². The molecule has 0 aliphatic carbocycles. The highest BCUT2D eigenvalue weighted by molar-refractivity contribution is 14.1. The van der Waals surface area contributed by atoms with Crippen LogP contribution in [0, 0.1) is 3.57 Å². The summed E-state index contributed by atoms with van der Waals surface area (Å²) in [7, 11) is 0. The fraction of sp³-hybridized carbons (Fsp3) is 0.133. The Balaban J connectivity index is 1.99. The van der Waals surface area contributed by atoms with Gasteiger partial charge >= 0.3 is 0 Å². The Hall–Kier alpha value is -1.08. The summed E-state index contributed by atoms with van der Waals surface area (Å²) in [6, 6.07) is 13.8. The van der Waals surface area contributed by atoms with Crippen LogP contribution < -0.4 is 9.64 Å². The van der Waals surface area contributed by atoms with Gasteiger partial charge in [0.05, 0.1) is 12.2 Å². The van der Waals surface area contributed by atoms with Gasteiger partial charge in [0.15, 0.2) is 6.61 Å². The highest BCUT2D eigenvalue weighted by Crippen LogP contribution is 2.35. The molecule has 0 radical (unpaired) electrons. The van der Waals surface area contributed by atoms with E-state index in [1.54, 1.807) is 4.90 Å². The van der Waals surface area contributed by atoms with Crippen LogP contribution in [-0.4, -0.2) is 12.5 Å². The molecule has 0 fully saturated rings. The zero-order chi connectivity index (χ0) is 14.1. The van der Waals surface area contributed by atoms with Crippen LogP contribution in [0.2, 0.25) is 0 Å². The van der Waals surface area contributed by atoms with Crippen molar-refractivity contribution >= 4 is 50.1 Å². The van der Waals surface area contributed by atoms with Crippen molar-refractivity contribution < 1.29 is 9.53 Å². The summed E-state index contributed by atoms with van der Waals surface area (Å²) >= 11 is 5.76. The second-order valence-electron chi connectivity index (χ2n) is 4.47. The van der Waals surface area contributed by atoms with Crippen LogP contribution in [-0.2, 0) is 11.3 Å². The molecule has 1 aliphatic heterocycles. The van der Waals surface area contributed by atoms with Gasteiger partial charge in [-0.05, 0) is 52.4 Å². The van der Waals surface area contributed by atoms with Gasteiger partial charge in [0.25, 0.3) is 5.91 Å². The first kappa shape index (κ1) is 13.9. The first-order valence-corrected chi connectivity index (χ1v) is 7.98. The first-order chi connectivity index (χ1) is 9.65. The summed E-state index contributed by atoms with van der Waals surface area (Å²) in [5.74, 6) is 0.743. The number of nitrogens with zero attached hydrogens (tertiary/aromatic N) is 1. The third-order valence-electron chi connectivity index (χ3n) is 3.15. The van der Waals surface area contributed by atoms with Crippen LogP contribution in [0.4, 0.5) is 5.69 Å². The van der Waals surface area contributed by atoms with Crippen molar-refractivity contribution in [3.63, 3.8) is 0 Å². The minimum absolute atomic E-state index is 0.0183. The molecule has 0 unspecified atom stereocenters. The third-order valence-corrected chi connectivity index (χ3v) is 4.59. The lowest BCUT2D eigenvalue weighted by Crippen LogP contribution is -2.38. The van der Waals surface area contributed by atoms with Gasteiger partial charge in [-0.3, -0.25) is 4.79 Å². The summed E-state index contributed by atoms with van der Waals surface area (Å²) in [5, 5.41) is 0. The van der Waals surface area contributed by atoms with E-state index in [1.807, 2.05) is 42.5 Å². The Morgan fingerprint density at radius 1 is 1.25 bits per heavy atom. The lowest BCUT2D eigenvalue weighted by atomic mass is 10.1. The average molecular weight is 444 g/mol. The van der Waals surface area contributed by atoms with Crippen LogP contribution >= 0.6 is 38.5 Å². The number of benzene rings is 2. The van der Waals surface area contributed by atoms with Gasteiger partial charge in [-0.25, -0.2) is 0 Å². The Bertz CT molecular complexity index is 675. The molecule has 0 atom stereocenters. The normalized spacial score (nSPS) is 13.9. The molecule has 0 aromatic heterocycles. The number of rotatable bonds is 2. The number of carbonyl (C=O) groups excluding carboxylic acids is 1. The van der Waals surface area contributed by atoms with E-state index in [2.05, 4.69) is 38.5 Å². The largest absolute Gasteiger partial charge is 0.482 e. The van der Waals surface area contributed by atoms with Crippen LogP contribution in [0.15, 0.2) is 46.9 Å². The number of ether oxygens (including phenoxy) is 1. The molecule has 102 valence electrons. The lowest BCUT2D eigenvalue weighted by molar-refractivity contribution is -0.121. The predicted octanol–water partition coefficient (Wildman–Crippen LogP) is 3.98. The average Bonchev–Trinajstić information content (AvgIpc) is 2.44. The molecule has 5 heteroatoms. The number of amides is 1. The highest BCUT2D eigenvalue weighted by Gasteiger charge is 2.26. The molecule has 3 nitrogen and oxygen atoms in total. The molecule has 1 amide bonds. The molecule has 20 heavy (non-hydrogen) atoms. The maximum absolute atomic E-state index is 12.2. The molecule has 0 saturated carbocycles. The van der Waals surface area contributed by atoms with Gasteiger partial charge in [0.1, 0.15) is 5.75 Å². The molecule has 1 aliphatic rings. The standard InChI is InChI=1S/C15H11BrINO2/c16-12-4-2-1-3-10(12)8-18-13-7-11(17)5-6-14(13)20-9-15(18)19/h1-7H,8-9H2. The number of anilines is 1. The number of hydrogen-bond acceptors (Lipinski definition) is 2. The van der Waals surface area contributed by atoms with Crippen molar-refractivity contribution in [2.75, 3.05) is 11.5 Å². The van der Waals surface area contributed by atoms with E-state index in [1.165, 1.54) is 0 Å². The summed E-state index contributed by atoms with van der Waals surface area (Å²) < 4.78 is 7.57. The first-order valence-electron chi connectivity index (χ1n) is 6.11. The van der Waals surface area contributed by atoms with E-state index in [0.29, 0.717) is 6.54 Å². The van der Waals surface area contributed by atoms with Crippen molar-refractivity contribution in [3.8, 4) is 5.75 Å². The van der Waals surface area contributed by atoms with Crippen LogP contribution in [0.5, 0.6) is 5.75 Å². The maximum atomic E-state index is 12.2. The Labute approximate surface area is 139 Å². The van der Waals surface area contributed by atoms with E-state index in [4.69, 9.17) is 4.74 Å². The molecule has 3 rings (SSSR count). The zero-order valence-corrected chi connectivity index (χ0v) is 14.2. The van der Waals surface area contributed by atoms with E-state index >= 15 is 0 Å². The number of fused-ring (bicyclic) bond motifs is 1. The molecular formula is C15H11BrINO2. The molecular weight excluding hydrogens is 433 g/mol. The van der Waals surface area contributed by atoms with Gasteiger partial charge in [0, 0.05) is 8.04 Å². The topological polar surface area (TPSA) is 29.5 Å². The SMILES string of the molecule is O=C1COc2ccc(I)cc2N1Cc1ccccc1Br. The predicted molar refractivity (Wildman–Crippen MR) is 90.0 cm³/mol. The molecule has 0 N–H and O–H groups in total. The molecule has 0 spiro atoms. The minimum atomic E-state index is -0.0183. The van der Waals surface area contributed by atoms with E-state index < -0.39 is 0 Å². The van der Waals surface area contributed by atoms with Crippen LogP contribution in [0.3, 0.4) is 0 Å². The van der Waals surface area contributed by atoms with Crippen LogP contribution in [0.25, 0.3) is 0 Å². The molecule has 2 aromatic rings. The van der Waals surface area contributed by atoms with Crippen molar-refractivity contribution in [2.45, 2.75) is 6.54 Å². The van der Waals surface area contributed by atoms with Gasteiger partial charge in [0.2, 0.25) is 0 Å². The summed E-state index contributed by atoms with van der Waals surface area (Å²) in [6.07, 6.45) is 0. The zero-order valence-electron chi connectivity index (χ0n) is 10.5. The highest BCUT2D eigenvalue weighted by atomic mass is 127. The smallest absolute Gasteiger partial charge is 0.265 e. The van der Waals surface area contributed by atoms with Crippen molar-refractivity contribution in [3.05, 3.63) is 56.1 Å². The number of halogens is 2. The summed E-state index contributed by atoms with van der Waals surface area (Å²) in [4.78, 5) is 13.9. The van der Waals surface area contributed by atoms with Crippen molar-refractivity contribution in [2.24, 2.45) is 0 Å². The van der Waals surface area contributed by atoms with E-state index in [0.717, 1.165) is 25.0 Å². The molecule has 1 heterocycles. The van der Waals surface area contributed by atoms with Gasteiger partial charge in [-0.2, -0.15) is 0 Å². The monoisotopic (exact) mass is 443 g/mol. The van der Waals surface area contributed by atoms with Crippen molar-refractivity contribution in [1.82, 2.24) is 0 Å².